The lowest BCUT2D eigenvalue weighted by atomic mass is 10.2. The molecule has 0 saturated heterocycles. The van der Waals surface area contributed by atoms with E-state index in [2.05, 4.69) is 27.1 Å². The summed E-state index contributed by atoms with van der Waals surface area (Å²) in [5.41, 5.74) is 1.55. The van der Waals surface area contributed by atoms with Crippen LogP contribution in [0.4, 0.5) is 0 Å². The minimum absolute atomic E-state index is 0.274. The third-order valence-electron chi connectivity index (χ3n) is 4.17. The van der Waals surface area contributed by atoms with E-state index in [0.717, 1.165) is 18.7 Å². The maximum Gasteiger partial charge on any atom is 0.351 e. The predicted octanol–water partition coefficient (Wildman–Crippen LogP) is 4.20. The van der Waals surface area contributed by atoms with Crippen LogP contribution < -0.4 is 10.1 Å². The largest absolute Gasteiger partial charge is 0.479 e. The molecule has 7 nitrogen and oxygen atoms in total. The van der Waals surface area contributed by atoms with E-state index in [1.54, 1.807) is 32.1 Å². The lowest BCUT2D eigenvalue weighted by Crippen LogP contribution is -2.27. The number of nitrogens with zero attached hydrogens (tertiary/aromatic N) is 1. The van der Waals surface area contributed by atoms with Crippen molar-refractivity contribution >= 4 is 44.8 Å². The SMILES string of the molecule is COC(=O)c1sc2nc(CNCCc3ccsc3)ccc2c1OCC(=O)OC(C)(C)C. The number of hydrogen-bond acceptors (Lipinski definition) is 9. The first-order chi connectivity index (χ1) is 14.8. The molecule has 0 aliphatic rings. The first kappa shape index (κ1) is 23.2. The number of ether oxygens (including phenoxy) is 3. The van der Waals surface area contributed by atoms with E-state index >= 15 is 0 Å². The molecule has 0 unspecified atom stereocenters. The quantitative estimate of drug-likeness (QED) is 0.377. The third-order valence-corrected chi connectivity index (χ3v) is 5.96. The van der Waals surface area contributed by atoms with Crippen LogP contribution >= 0.6 is 22.7 Å². The predicted molar refractivity (Wildman–Crippen MR) is 122 cm³/mol. The number of fused-ring (bicyclic) bond motifs is 1. The molecule has 166 valence electrons. The van der Waals surface area contributed by atoms with Gasteiger partial charge in [-0.05, 0) is 68.3 Å². The van der Waals surface area contributed by atoms with Crippen molar-refractivity contribution in [2.24, 2.45) is 0 Å². The third kappa shape index (κ3) is 6.49. The highest BCUT2D eigenvalue weighted by Crippen LogP contribution is 2.37. The topological polar surface area (TPSA) is 86.8 Å². The number of thiophene rings is 2. The fraction of sp³-hybridized carbons (Fsp3) is 0.409. The van der Waals surface area contributed by atoms with Crippen molar-refractivity contribution in [3.05, 3.63) is 45.1 Å². The van der Waals surface area contributed by atoms with Crippen LogP contribution in [0.2, 0.25) is 0 Å². The molecule has 3 rings (SSSR count). The monoisotopic (exact) mass is 462 g/mol. The second-order valence-corrected chi connectivity index (χ2v) is 9.62. The molecular formula is C22H26N2O5S2. The van der Waals surface area contributed by atoms with E-state index in [1.165, 1.54) is 24.0 Å². The number of rotatable bonds is 9. The Balaban J connectivity index is 1.71. The van der Waals surface area contributed by atoms with Gasteiger partial charge < -0.3 is 19.5 Å². The van der Waals surface area contributed by atoms with Gasteiger partial charge in [0.1, 0.15) is 10.4 Å². The molecular weight excluding hydrogens is 436 g/mol. The van der Waals surface area contributed by atoms with Gasteiger partial charge in [0.25, 0.3) is 0 Å². The maximum atomic E-state index is 12.2. The molecule has 0 amide bonds. The smallest absolute Gasteiger partial charge is 0.351 e. The minimum Gasteiger partial charge on any atom is -0.479 e. The summed E-state index contributed by atoms with van der Waals surface area (Å²) in [7, 11) is 1.31. The van der Waals surface area contributed by atoms with Crippen LogP contribution in [0.15, 0.2) is 29.0 Å². The van der Waals surface area contributed by atoms with Crippen molar-refractivity contribution in [2.75, 3.05) is 20.3 Å². The molecule has 9 heteroatoms. The summed E-state index contributed by atoms with van der Waals surface area (Å²) >= 11 is 2.88. The minimum atomic E-state index is -0.616. The number of pyridine rings is 1. The van der Waals surface area contributed by atoms with E-state index in [9.17, 15) is 9.59 Å². The maximum absolute atomic E-state index is 12.2. The number of methoxy groups -OCH3 is 1. The van der Waals surface area contributed by atoms with Crippen LogP contribution in [0.1, 0.15) is 41.7 Å². The number of esters is 2. The van der Waals surface area contributed by atoms with Gasteiger partial charge in [-0.15, -0.1) is 11.3 Å². The van der Waals surface area contributed by atoms with Crippen molar-refractivity contribution < 1.29 is 23.8 Å². The Labute approximate surface area is 189 Å². The summed E-state index contributed by atoms with van der Waals surface area (Å²) < 4.78 is 15.8. The summed E-state index contributed by atoms with van der Waals surface area (Å²) in [5.74, 6) is -0.748. The Morgan fingerprint density at radius 3 is 2.68 bits per heavy atom. The molecule has 1 N–H and O–H groups in total. The van der Waals surface area contributed by atoms with E-state index in [1.807, 2.05) is 12.1 Å². The van der Waals surface area contributed by atoms with Gasteiger partial charge in [0.15, 0.2) is 17.2 Å². The van der Waals surface area contributed by atoms with Gasteiger partial charge in [0.05, 0.1) is 18.2 Å². The number of hydrogen-bond donors (Lipinski definition) is 1. The summed E-state index contributed by atoms with van der Waals surface area (Å²) in [6.45, 7) is 6.50. The van der Waals surface area contributed by atoms with Crippen molar-refractivity contribution in [1.82, 2.24) is 10.3 Å². The molecule has 3 aromatic heterocycles. The van der Waals surface area contributed by atoms with Gasteiger partial charge in [-0.25, -0.2) is 14.6 Å². The Kier molecular flexibility index (Phi) is 7.64. The Bertz CT molecular complexity index is 1040. The van der Waals surface area contributed by atoms with Crippen molar-refractivity contribution in [2.45, 2.75) is 39.3 Å². The molecule has 3 aromatic rings. The van der Waals surface area contributed by atoms with Crippen LogP contribution in [0.3, 0.4) is 0 Å². The van der Waals surface area contributed by atoms with Crippen molar-refractivity contribution in [1.29, 1.82) is 0 Å². The molecule has 31 heavy (non-hydrogen) atoms. The summed E-state index contributed by atoms with van der Waals surface area (Å²) in [6, 6.07) is 5.86. The van der Waals surface area contributed by atoms with E-state index in [4.69, 9.17) is 14.2 Å². The number of carbonyl (C=O) groups is 2. The normalized spacial score (nSPS) is 11.5. The molecule has 0 saturated carbocycles. The molecule has 0 atom stereocenters. The van der Waals surface area contributed by atoms with Crippen molar-refractivity contribution in [3.8, 4) is 5.75 Å². The summed E-state index contributed by atoms with van der Waals surface area (Å²) in [4.78, 5) is 29.9. The average Bonchev–Trinajstić information content (AvgIpc) is 3.35. The highest BCUT2D eigenvalue weighted by molar-refractivity contribution is 7.20. The highest BCUT2D eigenvalue weighted by Gasteiger charge is 2.24. The second-order valence-electron chi connectivity index (χ2n) is 7.84. The molecule has 0 aliphatic carbocycles. The van der Waals surface area contributed by atoms with Crippen LogP contribution in [-0.4, -0.2) is 42.8 Å². The molecule has 0 aromatic carbocycles. The fourth-order valence-electron chi connectivity index (χ4n) is 2.85. The molecule has 0 spiro atoms. The van der Waals surface area contributed by atoms with Crippen LogP contribution in [0, 0.1) is 0 Å². The van der Waals surface area contributed by atoms with Gasteiger partial charge in [-0.2, -0.15) is 11.3 Å². The second kappa shape index (κ2) is 10.2. The van der Waals surface area contributed by atoms with Crippen LogP contribution in [-0.2, 0) is 27.2 Å². The molecule has 0 bridgehead atoms. The number of carbonyl (C=O) groups excluding carboxylic acids is 2. The van der Waals surface area contributed by atoms with Gasteiger partial charge in [0, 0.05) is 6.54 Å². The average molecular weight is 463 g/mol. The fourth-order valence-corrected chi connectivity index (χ4v) is 4.61. The zero-order valence-electron chi connectivity index (χ0n) is 18.0. The molecule has 0 fully saturated rings. The van der Waals surface area contributed by atoms with Crippen LogP contribution in [0.5, 0.6) is 5.75 Å². The molecule has 3 heterocycles. The van der Waals surface area contributed by atoms with Crippen LogP contribution in [0.25, 0.3) is 10.2 Å². The Morgan fingerprint density at radius 1 is 1.19 bits per heavy atom. The van der Waals surface area contributed by atoms with Crippen molar-refractivity contribution in [3.63, 3.8) is 0 Å². The lowest BCUT2D eigenvalue weighted by molar-refractivity contribution is -0.157. The standard InChI is InChI=1S/C22H26N2O5S2/c1-22(2,3)29-17(25)12-28-18-16-6-5-15(11-23-9-7-14-8-10-30-13-14)24-20(16)31-19(18)21(26)27-4/h5-6,8,10,13,23H,7,9,11-12H2,1-4H3. The number of nitrogens with one attached hydrogen (secondary N) is 1. The first-order valence-electron chi connectivity index (χ1n) is 9.84. The zero-order valence-corrected chi connectivity index (χ0v) is 19.7. The Hall–Kier alpha value is -2.49. The van der Waals surface area contributed by atoms with E-state index in [0.29, 0.717) is 22.5 Å². The van der Waals surface area contributed by atoms with Gasteiger partial charge in [-0.1, -0.05) is 0 Å². The zero-order chi connectivity index (χ0) is 22.4. The van der Waals surface area contributed by atoms with Gasteiger partial charge in [-0.3, -0.25) is 0 Å². The van der Waals surface area contributed by atoms with E-state index in [-0.39, 0.29) is 11.5 Å². The molecule has 0 aliphatic heterocycles. The number of aromatic nitrogens is 1. The van der Waals surface area contributed by atoms with E-state index < -0.39 is 17.5 Å². The first-order valence-corrected chi connectivity index (χ1v) is 11.6. The molecule has 0 radical (unpaired) electrons. The lowest BCUT2D eigenvalue weighted by Gasteiger charge is -2.19. The van der Waals surface area contributed by atoms with Gasteiger partial charge in [0.2, 0.25) is 0 Å². The summed E-state index contributed by atoms with van der Waals surface area (Å²) in [6.07, 6.45) is 0.958. The highest BCUT2D eigenvalue weighted by atomic mass is 32.1. The van der Waals surface area contributed by atoms with Gasteiger partial charge >= 0.3 is 11.9 Å². The summed E-state index contributed by atoms with van der Waals surface area (Å²) in [5, 5.41) is 8.26. The Morgan fingerprint density at radius 2 is 2.00 bits per heavy atom.